The molecule has 0 saturated heterocycles. The second-order valence-corrected chi connectivity index (χ2v) is 11.4. The molecule has 0 aliphatic carbocycles. The number of benzene rings is 3. The first-order chi connectivity index (χ1) is 18.7. The fourth-order valence-corrected chi connectivity index (χ4v) is 5.45. The minimum Gasteiger partial charge on any atom is -0.354 e. The van der Waals surface area contributed by atoms with E-state index in [0.717, 1.165) is 12.0 Å². The Hall–Kier alpha value is -3.56. The maximum absolute atomic E-state index is 14.6. The normalized spacial score (nSPS) is 12.2. The van der Waals surface area contributed by atoms with Crippen molar-refractivity contribution in [1.29, 1.82) is 0 Å². The Morgan fingerprint density at radius 1 is 0.923 bits per heavy atom. The van der Waals surface area contributed by atoms with E-state index >= 15 is 0 Å². The SMILES string of the molecule is CCCNC(=O)C(Cc1ccccc1)N(Cc1ccccc1F)C(=O)CCCN(C)S(=O)(=O)c1ccccc1. The zero-order chi connectivity index (χ0) is 28.3. The fourth-order valence-electron chi connectivity index (χ4n) is 4.22. The molecule has 0 aliphatic rings. The zero-order valence-corrected chi connectivity index (χ0v) is 23.2. The third-order valence-corrected chi connectivity index (χ3v) is 8.30. The number of hydrogen-bond donors (Lipinski definition) is 1. The van der Waals surface area contributed by atoms with Gasteiger partial charge in [-0.25, -0.2) is 17.1 Å². The van der Waals surface area contributed by atoms with Gasteiger partial charge in [0.05, 0.1) is 4.90 Å². The Balaban J connectivity index is 1.82. The summed E-state index contributed by atoms with van der Waals surface area (Å²) in [7, 11) is -2.22. The number of carbonyl (C=O) groups excluding carboxylic acids is 2. The summed E-state index contributed by atoms with van der Waals surface area (Å²) in [6.07, 6.45) is 1.23. The third-order valence-electron chi connectivity index (χ3n) is 6.43. The van der Waals surface area contributed by atoms with Crippen molar-refractivity contribution in [3.8, 4) is 0 Å². The highest BCUT2D eigenvalue weighted by Gasteiger charge is 2.31. The van der Waals surface area contributed by atoms with Crippen LogP contribution in [0.3, 0.4) is 0 Å². The molecule has 208 valence electrons. The summed E-state index contributed by atoms with van der Waals surface area (Å²) in [6, 6.07) is 22.8. The van der Waals surface area contributed by atoms with Crippen molar-refractivity contribution in [2.24, 2.45) is 0 Å². The molecule has 0 radical (unpaired) electrons. The molecule has 3 rings (SSSR count). The standard InChI is InChI=1S/C30H36FN3O4S/c1-3-20-32-30(36)28(22-24-13-6-4-7-14-24)34(23-25-15-10-11-18-27(25)31)29(35)19-12-21-33(2)39(37,38)26-16-8-5-9-17-26/h4-11,13-18,28H,3,12,19-23H2,1-2H3,(H,32,36). The average Bonchev–Trinajstić information content (AvgIpc) is 2.95. The van der Waals surface area contributed by atoms with Crippen LogP contribution < -0.4 is 5.32 Å². The lowest BCUT2D eigenvalue weighted by atomic mass is 10.0. The predicted octanol–water partition coefficient (Wildman–Crippen LogP) is 4.39. The summed E-state index contributed by atoms with van der Waals surface area (Å²) in [6.45, 7) is 2.42. The van der Waals surface area contributed by atoms with Gasteiger partial charge in [0.15, 0.2) is 0 Å². The second kappa shape index (κ2) is 14.6. The highest BCUT2D eigenvalue weighted by Crippen LogP contribution is 2.19. The maximum atomic E-state index is 14.6. The molecule has 1 unspecified atom stereocenters. The van der Waals surface area contributed by atoms with Crippen LogP contribution >= 0.6 is 0 Å². The molecule has 0 bridgehead atoms. The Labute approximate surface area is 230 Å². The van der Waals surface area contributed by atoms with E-state index in [1.54, 1.807) is 36.4 Å². The van der Waals surface area contributed by atoms with Crippen LogP contribution in [0, 0.1) is 5.82 Å². The molecule has 0 aliphatic heterocycles. The number of sulfonamides is 1. The molecule has 0 heterocycles. The topological polar surface area (TPSA) is 86.8 Å². The Bertz CT molecular complexity index is 1320. The predicted molar refractivity (Wildman–Crippen MR) is 150 cm³/mol. The van der Waals surface area contributed by atoms with E-state index in [4.69, 9.17) is 0 Å². The van der Waals surface area contributed by atoms with Gasteiger partial charge in [-0.05, 0) is 36.6 Å². The van der Waals surface area contributed by atoms with E-state index in [9.17, 15) is 22.4 Å². The number of hydrogen-bond acceptors (Lipinski definition) is 4. The van der Waals surface area contributed by atoms with Gasteiger partial charge in [0.25, 0.3) is 0 Å². The molecule has 39 heavy (non-hydrogen) atoms. The van der Waals surface area contributed by atoms with Crippen molar-refractivity contribution < 1.29 is 22.4 Å². The quantitative estimate of drug-likeness (QED) is 0.321. The molecule has 0 aromatic heterocycles. The van der Waals surface area contributed by atoms with Crippen LogP contribution in [-0.4, -0.2) is 55.6 Å². The smallest absolute Gasteiger partial charge is 0.243 e. The summed E-state index contributed by atoms with van der Waals surface area (Å²) < 4.78 is 41.6. The lowest BCUT2D eigenvalue weighted by molar-refractivity contribution is -0.141. The third kappa shape index (κ3) is 8.46. The molecule has 9 heteroatoms. The number of nitrogens with one attached hydrogen (secondary N) is 1. The van der Waals surface area contributed by atoms with Crippen molar-refractivity contribution in [3.63, 3.8) is 0 Å². The molecule has 3 aromatic carbocycles. The van der Waals surface area contributed by atoms with Crippen molar-refractivity contribution in [2.45, 2.75) is 50.1 Å². The summed E-state index contributed by atoms with van der Waals surface area (Å²) in [5, 5.41) is 2.89. The van der Waals surface area contributed by atoms with Gasteiger partial charge in [0.2, 0.25) is 21.8 Å². The molecular formula is C30H36FN3O4S. The molecule has 1 atom stereocenters. The van der Waals surface area contributed by atoms with Gasteiger partial charge in [-0.3, -0.25) is 9.59 Å². The number of carbonyl (C=O) groups is 2. The van der Waals surface area contributed by atoms with E-state index in [0.29, 0.717) is 12.1 Å². The van der Waals surface area contributed by atoms with Crippen LogP contribution in [0.25, 0.3) is 0 Å². The van der Waals surface area contributed by atoms with Gasteiger partial charge in [-0.15, -0.1) is 0 Å². The minimum atomic E-state index is -3.70. The summed E-state index contributed by atoms with van der Waals surface area (Å²) in [5.41, 5.74) is 1.17. The molecule has 7 nitrogen and oxygen atoms in total. The van der Waals surface area contributed by atoms with E-state index in [-0.39, 0.29) is 49.1 Å². The molecule has 3 aromatic rings. The molecule has 0 saturated carbocycles. The van der Waals surface area contributed by atoms with Crippen molar-refractivity contribution >= 4 is 21.8 Å². The van der Waals surface area contributed by atoms with Crippen LogP contribution in [-0.2, 0) is 32.6 Å². The molecule has 2 amide bonds. The van der Waals surface area contributed by atoms with Gasteiger partial charge in [-0.2, -0.15) is 0 Å². The van der Waals surface area contributed by atoms with E-state index < -0.39 is 21.9 Å². The highest BCUT2D eigenvalue weighted by atomic mass is 32.2. The van der Waals surface area contributed by atoms with Crippen molar-refractivity contribution in [2.75, 3.05) is 20.1 Å². The van der Waals surface area contributed by atoms with Gasteiger partial charge in [-0.1, -0.05) is 73.7 Å². The van der Waals surface area contributed by atoms with E-state index in [2.05, 4.69) is 5.32 Å². The minimum absolute atomic E-state index is 0.00451. The summed E-state index contributed by atoms with van der Waals surface area (Å²) >= 11 is 0. The summed E-state index contributed by atoms with van der Waals surface area (Å²) in [4.78, 5) is 28.5. The first-order valence-corrected chi connectivity index (χ1v) is 14.5. The van der Waals surface area contributed by atoms with Crippen molar-refractivity contribution in [1.82, 2.24) is 14.5 Å². The molecular weight excluding hydrogens is 517 g/mol. The number of rotatable bonds is 14. The van der Waals surface area contributed by atoms with Gasteiger partial charge in [0, 0.05) is 45.1 Å². The lowest BCUT2D eigenvalue weighted by Crippen LogP contribution is -2.50. The zero-order valence-electron chi connectivity index (χ0n) is 22.4. The van der Waals surface area contributed by atoms with E-state index in [1.165, 1.54) is 34.5 Å². The Kier molecular flexibility index (Phi) is 11.2. The van der Waals surface area contributed by atoms with Crippen LogP contribution in [0.2, 0.25) is 0 Å². The first-order valence-electron chi connectivity index (χ1n) is 13.1. The first kappa shape index (κ1) is 30.0. The maximum Gasteiger partial charge on any atom is 0.243 e. The van der Waals surface area contributed by atoms with Crippen LogP contribution in [0.5, 0.6) is 0 Å². The van der Waals surface area contributed by atoms with Crippen molar-refractivity contribution in [3.05, 3.63) is 102 Å². The van der Waals surface area contributed by atoms with E-state index in [1.807, 2.05) is 37.3 Å². The number of amides is 2. The Morgan fingerprint density at radius 3 is 2.18 bits per heavy atom. The number of halogens is 1. The van der Waals surface area contributed by atoms with Gasteiger partial charge >= 0.3 is 0 Å². The van der Waals surface area contributed by atoms with Gasteiger partial charge < -0.3 is 10.2 Å². The molecule has 0 spiro atoms. The largest absolute Gasteiger partial charge is 0.354 e. The van der Waals surface area contributed by atoms with Crippen LogP contribution in [0.4, 0.5) is 4.39 Å². The molecule has 1 N–H and O–H groups in total. The van der Waals surface area contributed by atoms with Crippen LogP contribution in [0.1, 0.15) is 37.3 Å². The van der Waals surface area contributed by atoms with Crippen LogP contribution in [0.15, 0.2) is 89.8 Å². The van der Waals surface area contributed by atoms with Gasteiger partial charge in [0.1, 0.15) is 11.9 Å². The monoisotopic (exact) mass is 553 g/mol. The fraction of sp³-hybridized carbons (Fsp3) is 0.333. The average molecular weight is 554 g/mol. The second-order valence-electron chi connectivity index (χ2n) is 9.35. The highest BCUT2D eigenvalue weighted by molar-refractivity contribution is 7.89. The molecule has 0 fully saturated rings. The Morgan fingerprint density at radius 2 is 1.54 bits per heavy atom. The lowest BCUT2D eigenvalue weighted by Gasteiger charge is -2.32. The number of nitrogens with zero attached hydrogens (tertiary/aromatic N) is 2. The summed E-state index contributed by atoms with van der Waals surface area (Å²) in [5.74, 6) is -1.12.